The average molecular weight is 247 g/mol. The lowest BCUT2D eigenvalue weighted by Crippen LogP contribution is -2.46. The van der Waals surface area contributed by atoms with Crippen LogP contribution in [0.2, 0.25) is 19.1 Å². The lowest BCUT2D eigenvalue weighted by atomic mass is 10.6. The van der Waals surface area contributed by atoms with Gasteiger partial charge in [0.15, 0.2) is 0 Å². The van der Waals surface area contributed by atoms with Gasteiger partial charge in [-0.3, -0.25) is 0 Å². The fourth-order valence-electron chi connectivity index (χ4n) is 0.892. The van der Waals surface area contributed by atoms with Crippen LogP contribution in [0.25, 0.3) is 0 Å². The lowest BCUT2D eigenvalue weighted by molar-refractivity contribution is 0.551. The van der Waals surface area contributed by atoms with Crippen LogP contribution in [0.15, 0.2) is 12.2 Å². The summed E-state index contributed by atoms with van der Waals surface area (Å²) in [6.45, 7) is 5.81. The molecule has 13 heavy (non-hydrogen) atoms. The maximum Gasteiger partial charge on any atom is 0.366 e. The molecule has 0 aromatic rings. The second-order valence-corrected chi connectivity index (χ2v) is 23.0. The average Bonchev–Trinajstić information content (AvgIpc) is 2.12. The summed E-state index contributed by atoms with van der Waals surface area (Å²) in [5.74, 6) is 0. The highest BCUT2D eigenvalue weighted by Crippen LogP contribution is 2.09. The van der Waals surface area contributed by atoms with Crippen molar-refractivity contribution in [3.05, 3.63) is 12.2 Å². The third-order valence-corrected chi connectivity index (χ3v) is 25.6. The number of allylic oxidation sites excluding steroid dienone is 2. The van der Waals surface area contributed by atoms with Gasteiger partial charge in [-0.15, -0.1) is 0 Å². The van der Waals surface area contributed by atoms with Gasteiger partial charge in [0.1, 0.15) is 7.59 Å². The molecule has 0 amide bonds. The molecule has 0 N–H and O–H groups in total. The first-order valence-electron chi connectivity index (χ1n) is 4.11. The summed E-state index contributed by atoms with van der Waals surface area (Å²) in [5, 5.41) is 0. The fourth-order valence-corrected chi connectivity index (χ4v) is 25.9. The Bertz CT molecular complexity index is 259. The van der Waals surface area contributed by atoms with Crippen LogP contribution < -0.4 is 0 Å². The molecule has 0 atom stereocenters. The van der Waals surface area contributed by atoms with Gasteiger partial charge in [-0.05, 0) is 13.0 Å². The zero-order valence-corrected chi connectivity index (χ0v) is 12.3. The Morgan fingerprint density at radius 2 is 1.92 bits per heavy atom. The summed E-state index contributed by atoms with van der Waals surface area (Å²) in [5.41, 5.74) is 0. The number of hydrogen-bond acceptors (Lipinski definition) is 3. The Kier molecular flexibility index (Phi) is 5.68. The third-order valence-electron chi connectivity index (χ3n) is 1.81. The summed E-state index contributed by atoms with van der Waals surface area (Å²) in [6, 6.07) is 0.775. The summed E-state index contributed by atoms with van der Waals surface area (Å²) in [4.78, 5) is 0. The molecule has 0 unspecified atom stereocenters. The Balaban J connectivity index is 4.53. The Morgan fingerprint density at radius 1 is 1.38 bits per heavy atom. The number of rotatable bonds is 5. The molecular weight excluding hydrogens is 232 g/mol. The highest BCUT2D eigenvalue weighted by atomic mass is 29.8. The van der Waals surface area contributed by atoms with Gasteiger partial charge in [-0.25, -0.2) is 0 Å². The molecule has 72 valence electrons. The van der Waals surface area contributed by atoms with Gasteiger partial charge in [0, 0.05) is 0 Å². The molecule has 0 spiro atoms. The molecule has 0 saturated heterocycles. The van der Waals surface area contributed by atoms with Crippen molar-refractivity contribution in [1.29, 1.82) is 0 Å². The first-order valence-corrected chi connectivity index (χ1v) is 14.4. The van der Waals surface area contributed by atoms with Crippen molar-refractivity contribution in [3.63, 3.8) is 0 Å². The largest absolute Gasteiger partial charge is 0.389 e. The zero-order valence-electron chi connectivity index (χ0n) is 8.16. The first-order chi connectivity index (χ1) is 5.95. The van der Waals surface area contributed by atoms with Crippen molar-refractivity contribution in [2.24, 2.45) is 0 Å². The minimum Gasteiger partial charge on any atom is -0.389 e. The quantitative estimate of drug-likeness (QED) is 0.526. The van der Waals surface area contributed by atoms with Crippen LogP contribution >= 0.6 is 0 Å². The van der Waals surface area contributed by atoms with Gasteiger partial charge < -0.3 is 13.4 Å². The molecule has 3 nitrogen and oxygen atoms in total. The van der Waals surface area contributed by atoms with Crippen LogP contribution in [-0.4, -0.2) is 32.0 Å². The van der Waals surface area contributed by atoms with E-state index in [-0.39, 0.29) is 0 Å². The van der Waals surface area contributed by atoms with E-state index in [1.54, 1.807) is 0 Å². The topological polar surface area (TPSA) is 51.2 Å². The monoisotopic (exact) mass is 246 g/mol. The molecule has 0 fully saturated rings. The van der Waals surface area contributed by atoms with E-state index in [2.05, 4.69) is 0 Å². The second kappa shape index (κ2) is 5.68. The molecule has 0 bridgehead atoms. The van der Waals surface area contributed by atoms with E-state index < -0.39 is 32.0 Å². The molecule has 0 saturated carbocycles. The van der Waals surface area contributed by atoms with Gasteiger partial charge in [0.2, 0.25) is 0 Å². The summed E-state index contributed by atoms with van der Waals surface area (Å²) in [7, 11) is -7.52. The van der Waals surface area contributed by atoms with Crippen LogP contribution in [-0.2, 0) is 13.4 Å². The highest BCUT2D eigenvalue weighted by molar-refractivity contribution is 7.56. The van der Waals surface area contributed by atoms with Crippen LogP contribution in [0, 0.1) is 0 Å². The number of hydrogen-bond donors (Lipinski definition) is 0. The van der Waals surface area contributed by atoms with Gasteiger partial charge in [0.25, 0.3) is 0 Å². The maximum absolute atomic E-state index is 11.7. The fraction of sp³-hybridized carbons (Fsp3) is 0.667. The van der Waals surface area contributed by atoms with Crippen LogP contribution in [0.3, 0.4) is 0 Å². The smallest absolute Gasteiger partial charge is 0.366 e. The minimum absolute atomic E-state index is 0.775. The third kappa shape index (κ3) is 4.16. The van der Waals surface area contributed by atoms with Crippen molar-refractivity contribution in [2.45, 2.75) is 26.1 Å². The molecule has 0 aliphatic carbocycles. The molecule has 0 aromatic carbocycles. The Hall–Kier alpha value is 0.00753. The molecule has 0 aliphatic heterocycles. The molecule has 7 heteroatoms. The lowest BCUT2D eigenvalue weighted by Gasteiger charge is -2.14. The van der Waals surface area contributed by atoms with Crippen molar-refractivity contribution >= 4 is 32.0 Å². The van der Waals surface area contributed by atoms with Gasteiger partial charge in [-0.2, -0.15) is 0 Å². The standard InChI is InChI=1S/C6H14O3Si4/c1-4-5-6-13(2,3)12(9)11(8)10-7/h4-5,10H,6H2,1-3H3/b5-4-. The molecule has 0 radical (unpaired) electrons. The zero-order chi connectivity index (χ0) is 10.5. The van der Waals surface area contributed by atoms with E-state index in [0.717, 1.165) is 6.04 Å². The first kappa shape index (κ1) is 13.0. The summed E-state index contributed by atoms with van der Waals surface area (Å²) < 4.78 is 33.3. The molecule has 0 heterocycles. The highest BCUT2D eigenvalue weighted by Gasteiger charge is 2.37. The Labute approximate surface area is 83.8 Å². The molecular formula is C6H14O3Si4. The van der Waals surface area contributed by atoms with Gasteiger partial charge in [0.05, 0.1) is 0 Å². The predicted octanol–water partition coefficient (Wildman–Crippen LogP) is 0.550. The Morgan fingerprint density at radius 3 is 2.31 bits per heavy atom. The van der Waals surface area contributed by atoms with E-state index >= 15 is 0 Å². The van der Waals surface area contributed by atoms with Crippen LogP contribution in [0.1, 0.15) is 6.92 Å². The van der Waals surface area contributed by atoms with Crippen molar-refractivity contribution in [2.75, 3.05) is 0 Å². The van der Waals surface area contributed by atoms with Gasteiger partial charge in [-0.1, -0.05) is 25.2 Å². The van der Waals surface area contributed by atoms with Crippen molar-refractivity contribution in [3.8, 4) is 0 Å². The van der Waals surface area contributed by atoms with E-state index in [1.165, 1.54) is 0 Å². The SMILES string of the molecule is C/C=C\C[Si](C)(C)[Si](=O)[Si](=O)[SiH]=O. The van der Waals surface area contributed by atoms with Crippen LogP contribution in [0.5, 0.6) is 0 Å². The van der Waals surface area contributed by atoms with E-state index in [9.17, 15) is 13.4 Å². The molecule has 0 rings (SSSR count). The minimum atomic E-state index is -2.24. The predicted molar refractivity (Wildman–Crippen MR) is 57.8 cm³/mol. The van der Waals surface area contributed by atoms with E-state index in [4.69, 9.17) is 0 Å². The van der Waals surface area contributed by atoms with E-state index in [1.807, 2.05) is 32.2 Å². The normalized spacial score (nSPS) is 11.6. The van der Waals surface area contributed by atoms with Gasteiger partial charge >= 0.3 is 24.4 Å². The van der Waals surface area contributed by atoms with Crippen LogP contribution in [0.4, 0.5) is 0 Å². The summed E-state index contributed by atoms with van der Waals surface area (Å²) in [6.07, 6.45) is 3.87. The van der Waals surface area contributed by atoms with E-state index in [0.29, 0.717) is 0 Å². The molecule has 0 aliphatic rings. The second-order valence-electron chi connectivity index (χ2n) is 3.47. The summed E-state index contributed by atoms with van der Waals surface area (Å²) >= 11 is 0. The van der Waals surface area contributed by atoms with Crippen molar-refractivity contribution < 1.29 is 13.4 Å². The van der Waals surface area contributed by atoms with Crippen molar-refractivity contribution in [1.82, 2.24) is 0 Å². The molecule has 0 aromatic heterocycles. The maximum atomic E-state index is 11.7.